The minimum Gasteiger partial charge on any atom is -0.370 e. The molecule has 0 aromatic rings. The van der Waals surface area contributed by atoms with E-state index in [1.807, 2.05) is 0 Å². The Bertz CT molecular complexity index is 159. The van der Waals surface area contributed by atoms with Crippen LogP contribution in [0.5, 0.6) is 0 Å². The van der Waals surface area contributed by atoms with Crippen LogP contribution in [-0.2, 0) is 4.74 Å². The van der Waals surface area contributed by atoms with E-state index in [2.05, 4.69) is 29.9 Å². The van der Waals surface area contributed by atoms with Gasteiger partial charge in [-0.05, 0) is 20.1 Å². The number of hydrogen-bond donors (Lipinski definition) is 0. The second-order valence-corrected chi connectivity index (χ2v) is 5.10. The number of ether oxygens (including phenoxy) is 1. The Morgan fingerprint density at radius 3 is 2.40 bits per heavy atom. The summed E-state index contributed by atoms with van der Waals surface area (Å²) in [5.41, 5.74) is 0. The fourth-order valence-corrected chi connectivity index (χ4v) is 2.12. The Hall–Kier alpha value is 0.230. The Balaban J connectivity index is 2.04. The molecular formula is C11H24N2OS. The van der Waals surface area contributed by atoms with E-state index in [0.717, 1.165) is 19.1 Å². The monoisotopic (exact) mass is 232 g/mol. The molecule has 3 nitrogen and oxygen atoms in total. The van der Waals surface area contributed by atoms with Crippen LogP contribution in [0.2, 0.25) is 0 Å². The number of nitrogens with zero attached hydrogens (tertiary/aromatic N) is 2. The molecule has 0 saturated carbocycles. The van der Waals surface area contributed by atoms with Crippen molar-refractivity contribution in [1.29, 1.82) is 0 Å². The first kappa shape index (κ1) is 13.3. The molecule has 15 heavy (non-hydrogen) atoms. The highest BCUT2D eigenvalue weighted by molar-refractivity contribution is 7.98. The summed E-state index contributed by atoms with van der Waals surface area (Å²) < 4.78 is 5.47. The van der Waals surface area contributed by atoms with Crippen molar-refractivity contribution < 1.29 is 4.74 Å². The van der Waals surface area contributed by atoms with E-state index in [0.29, 0.717) is 6.04 Å². The molecule has 0 unspecified atom stereocenters. The standard InChI is InChI=1S/C11H24N2OS/c1-11(2)13-6-4-12(5-7-13)8-9-14-10-15-3/h11H,4-10H2,1-3H3. The van der Waals surface area contributed by atoms with Gasteiger partial charge in [0.2, 0.25) is 0 Å². The molecule has 1 fully saturated rings. The van der Waals surface area contributed by atoms with Gasteiger partial charge in [-0.25, -0.2) is 0 Å². The lowest BCUT2D eigenvalue weighted by Gasteiger charge is -2.36. The molecule has 0 bridgehead atoms. The van der Waals surface area contributed by atoms with Crippen molar-refractivity contribution in [2.45, 2.75) is 19.9 Å². The Morgan fingerprint density at radius 1 is 1.20 bits per heavy atom. The Morgan fingerprint density at radius 2 is 1.87 bits per heavy atom. The van der Waals surface area contributed by atoms with Gasteiger partial charge in [-0.15, -0.1) is 11.8 Å². The highest BCUT2D eigenvalue weighted by atomic mass is 32.2. The zero-order valence-corrected chi connectivity index (χ0v) is 11.1. The number of hydrogen-bond acceptors (Lipinski definition) is 4. The van der Waals surface area contributed by atoms with Gasteiger partial charge in [0.05, 0.1) is 12.5 Å². The number of thioether (sulfide) groups is 1. The molecule has 1 aliphatic rings. The van der Waals surface area contributed by atoms with E-state index in [9.17, 15) is 0 Å². The quantitative estimate of drug-likeness (QED) is 0.507. The van der Waals surface area contributed by atoms with Crippen molar-refractivity contribution in [3.63, 3.8) is 0 Å². The van der Waals surface area contributed by atoms with Gasteiger partial charge in [-0.3, -0.25) is 9.80 Å². The Kier molecular flexibility index (Phi) is 6.64. The molecule has 0 aromatic carbocycles. The summed E-state index contributed by atoms with van der Waals surface area (Å²) >= 11 is 1.74. The topological polar surface area (TPSA) is 15.7 Å². The molecular weight excluding hydrogens is 208 g/mol. The molecule has 1 saturated heterocycles. The van der Waals surface area contributed by atoms with Crippen LogP contribution < -0.4 is 0 Å². The van der Waals surface area contributed by atoms with Gasteiger partial charge in [0.25, 0.3) is 0 Å². The maximum absolute atomic E-state index is 5.47. The fraction of sp³-hybridized carbons (Fsp3) is 1.00. The summed E-state index contributed by atoms with van der Waals surface area (Å²) in [6, 6.07) is 0.694. The molecule has 90 valence electrons. The van der Waals surface area contributed by atoms with E-state index >= 15 is 0 Å². The minimum absolute atomic E-state index is 0.694. The maximum Gasteiger partial charge on any atom is 0.0918 e. The second kappa shape index (κ2) is 7.49. The van der Waals surface area contributed by atoms with Crippen LogP contribution in [0.1, 0.15) is 13.8 Å². The highest BCUT2D eigenvalue weighted by Gasteiger charge is 2.17. The van der Waals surface area contributed by atoms with Crippen LogP contribution in [-0.4, -0.2) is 67.4 Å². The van der Waals surface area contributed by atoms with Crippen LogP contribution in [0.25, 0.3) is 0 Å². The van der Waals surface area contributed by atoms with Crippen LogP contribution >= 0.6 is 11.8 Å². The van der Waals surface area contributed by atoms with Crippen molar-refractivity contribution in [2.24, 2.45) is 0 Å². The van der Waals surface area contributed by atoms with Crippen LogP contribution in [0.3, 0.4) is 0 Å². The van der Waals surface area contributed by atoms with Gasteiger partial charge in [-0.2, -0.15) is 0 Å². The molecule has 0 atom stereocenters. The summed E-state index contributed by atoms with van der Waals surface area (Å²) in [6.07, 6.45) is 2.07. The molecule has 0 spiro atoms. The maximum atomic E-state index is 5.47. The third-order valence-corrected chi connectivity index (χ3v) is 3.29. The molecule has 0 N–H and O–H groups in total. The highest BCUT2D eigenvalue weighted by Crippen LogP contribution is 2.05. The molecule has 0 amide bonds. The van der Waals surface area contributed by atoms with Crippen molar-refractivity contribution >= 4 is 11.8 Å². The first-order valence-corrected chi connectivity index (χ1v) is 7.16. The summed E-state index contributed by atoms with van der Waals surface area (Å²) in [6.45, 7) is 11.3. The first-order valence-electron chi connectivity index (χ1n) is 5.77. The summed E-state index contributed by atoms with van der Waals surface area (Å²) in [4.78, 5) is 5.04. The largest absolute Gasteiger partial charge is 0.370 e. The molecule has 0 aromatic heterocycles. The van der Waals surface area contributed by atoms with Gasteiger partial charge >= 0.3 is 0 Å². The summed E-state index contributed by atoms with van der Waals surface area (Å²) in [5, 5.41) is 0. The summed E-state index contributed by atoms with van der Waals surface area (Å²) in [5.74, 6) is 0.825. The van der Waals surface area contributed by atoms with E-state index in [-0.39, 0.29) is 0 Å². The molecule has 1 aliphatic heterocycles. The van der Waals surface area contributed by atoms with Crippen molar-refractivity contribution in [2.75, 3.05) is 51.5 Å². The zero-order chi connectivity index (χ0) is 11.1. The molecule has 1 rings (SSSR count). The van der Waals surface area contributed by atoms with Crippen molar-refractivity contribution in [3.8, 4) is 0 Å². The molecule has 1 heterocycles. The smallest absolute Gasteiger partial charge is 0.0918 e. The van der Waals surface area contributed by atoms with Crippen molar-refractivity contribution in [3.05, 3.63) is 0 Å². The normalized spacial score (nSPS) is 20.0. The van der Waals surface area contributed by atoms with Crippen LogP contribution in [0.4, 0.5) is 0 Å². The van der Waals surface area contributed by atoms with Gasteiger partial charge in [0.1, 0.15) is 0 Å². The van der Waals surface area contributed by atoms with Gasteiger partial charge < -0.3 is 4.74 Å². The number of piperazine rings is 1. The SMILES string of the molecule is CSCOCCN1CCN(C(C)C)CC1. The van der Waals surface area contributed by atoms with Gasteiger partial charge in [0, 0.05) is 38.8 Å². The second-order valence-electron chi connectivity index (χ2n) is 4.29. The minimum atomic E-state index is 0.694. The lowest BCUT2D eigenvalue weighted by atomic mass is 10.2. The predicted octanol–water partition coefficient (Wildman–Crippen LogP) is 1.35. The van der Waals surface area contributed by atoms with E-state index in [4.69, 9.17) is 4.74 Å². The van der Waals surface area contributed by atoms with E-state index < -0.39 is 0 Å². The lowest BCUT2D eigenvalue weighted by molar-refractivity contribution is 0.0797. The average molecular weight is 232 g/mol. The average Bonchev–Trinajstić information content (AvgIpc) is 2.25. The molecule has 0 aliphatic carbocycles. The number of rotatable bonds is 6. The molecule has 0 radical (unpaired) electrons. The van der Waals surface area contributed by atoms with Crippen molar-refractivity contribution in [1.82, 2.24) is 9.80 Å². The van der Waals surface area contributed by atoms with E-state index in [1.165, 1.54) is 26.2 Å². The Labute approximate surface area is 98.1 Å². The van der Waals surface area contributed by atoms with Gasteiger partial charge in [0.15, 0.2) is 0 Å². The fourth-order valence-electron chi connectivity index (χ4n) is 1.84. The lowest BCUT2D eigenvalue weighted by Crippen LogP contribution is -2.49. The molecule has 4 heteroatoms. The van der Waals surface area contributed by atoms with Crippen LogP contribution in [0, 0.1) is 0 Å². The first-order chi connectivity index (χ1) is 7.24. The van der Waals surface area contributed by atoms with Crippen LogP contribution in [0.15, 0.2) is 0 Å². The zero-order valence-electron chi connectivity index (χ0n) is 10.2. The van der Waals surface area contributed by atoms with E-state index in [1.54, 1.807) is 11.8 Å². The third-order valence-electron chi connectivity index (χ3n) is 2.89. The predicted molar refractivity (Wildman–Crippen MR) is 67.5 cm³/mol. The third kappa shape index (κ3) is 5.20. The van der Waals surface area contributed by atoms with Gasteiger partial charge in [-0.1, -0.05) is 0 Å². The summed E-state index contributed by atoms with van der Waals surface area (Å²) in [7, 11) is 0.